The third-order valence-electron chi connectivity index (χ3n) is 5.05. The smallest absolute Gasteiger partial charge is 0.309 e. The Kier molecular flexibility index (Phi) is 7.20. The SMILES string of the molecule is O=C(NCCO)C(=O)NC[C@H](c1ccco1)[NH+]1CCN(c2ccc(F)cc2)CC1. The number of hydrogen-bond acceptors (Lipinski definition) is 5. The van der Waals surface area contributed by atoms with E-state index in [1.54, 1.807) is 24.5 Å². The number of piperazine rings is 1. The molecule has 2 aromatic rings. The van der Waals surface area contributed by atoms with Crippen LogP contribution in [0.4, 0.5) is 10.1 Å². The second kappa shape index (κ2) is 10.0. The van der Waals surface area contributed by atoms with Crippen molar-refractivity contribution in [1.29, 1.82) is 0 Å². The van der Waals surface area contributed by atoms with Crippen LogP contribution in [0.25, 0.3) is 0 Å². The summed E-state index contributed by atoms with van der Waals surface area (Å²) in [6.07, 6.45) is 1.59. The number of rotatable bonds is 7. The molecule has 2 heterocycles. The van der Waals surface area contributed by atoms with E-state index in [2.05, 4.69) is 15.5 Å². The molecular weight excluding hydrogens is 379 g/mol. The Morgan fingerprint density at radius 1 is 1.14 bits per heavy atom. The fourth-order valence-corrected chi connectivity index (χ4v) is 3.51. The Hall–Kier alpha value is -2.91. The Bertz CT molecular complexity index is 789. The summed E-state index contributed by atoms with van der Waals surface area (Å²) in [6, 6.07) is 9.99. The molecule has 0 bridgehead atoms. The zero-order chi connectivity index (χ0) is 20.6. The number of hydrogen-bond donors (Lipinski definition) is 4. The maximum Gasteiger partial charge on any atom is 0.309 e. The van der Waals surface area contributed by atoms with Gasteiger partial charge in [0.1, 0.15) is 5.82 Å². The highest BCUT2D eigenvalue weighted by atomic mass is 19.1. The van der Waals surface area contributed by atoms with Crippen LogP contribution in [-0.2, 0) is 9.59 Å². The minimum absolute atomic E-state index is 0.0322. The van der Waals surface area contributed by atoms with Gasteiger partial charge in [-0.1, -0.05) is 0 Å². The predicted molar refractivity (Wildman–Crippen MR) is 104 cm³/mol. The molecule has 1 aliphatic heterocycles. The van der Waals surface area contributed by atoms with Gasteiger partial charge in [0.2, 0.25) is 0 Å². The number of amides is 2. The molecule has 0 unspecified atom stereocenters. The number of aliphatic hydroxyl groups excluding tert-OH is 1. The summed E-state index contributed by atoms with van der Waals surface area (Å²) in [6.45, 7) is 3.22. The number of benzene rings is 1. The summed E-state index contributed by atoms with van der Waals surface area (Å²) in [5, 5.41) is 13.7. The fourth-order valence-electron chi connectivity index (χ4n) is 3.51. The molecule has 1 saturated heterocycles. The molecule has 8 nitrogen and oxygen atoms in total. The fraction of sp³-hybridized carbons (Fsp3) is 0.400. The van der Waals surface area contributed by atoms with Crippen LogP contribution in [0.2, 0.25) is 0 Å². The monoisotopic (exact) mass is 405 g/mol. The van der Waals surface area contributed by atoms with Crippen LogP contribution in [0.5, 0.6) is 0 Å². The van der Waals surface area contributed by atoms with E-state index in [1.807, 2.05) is 6.07 Å². The maximum atomic E-state index is 13.1. The topological polar surface area (TPSA) is 99.2 Å². The minimum Gasteiger partial charge on any atom is -0.463 e. The van der Waals surface area contributed by atoms with E-state index >= 15 is 0 Å². The van der Waals surface area contributed by atoms with E-state index in [1.165, 1.54) is 17.0 Å². The lowest BCUT2D eigenvalue weighted by Gasteiger charge is -2.37. The Morgan fingerprint density at radius 2 is 1.83 bits per heavy atom. The predicted octanol–water partition coefficient (Wildman–Crippen LogP) is -0.910. The average molecular weight is 405 g/mol. The van der Waals surface area contributed by atoms with Crippen LogP contribution in [0.15, 0.2) is 47.1 Å². The summed E-state index contributed by atoms with van der Waals surface area (Å²) < 4.78 is 18.7. The van der Waals surface area contributed by atoms with Gasteiger partial charge >= 0.3 is 11.8 Å². The number of anilines is 1. The molecule has 3 rings (SSSR count). The van der Waals surface area contributed by atoms with Crippen molar-refractivity contribution >= 4 is 17.5 Å². The molecule has 29 heavy (non-hydrogen) atoms. The molecule has 9 heteroatoms. The lowest BCUT2D eigenvalue weighted by molar-refractivity contribution is -0.932. The van der Waals surface area contributed by atoms with Crippen LogP contribution >= 0.6 is 0 Å². The lowest BCUT2D eigenvalue weighted by atomic mass is 10.1. The largest absolute Gasteiger partial charge is 0.463 e. The average Bonchev–Trinajstić information content (AvgIpc) is 3.27. The van der Waals surface area contributed by atoms with Crippen molar-refractivity contribution in [1.82, 2.24) is 10.6 Å². The van der Waals surface area contributed by atoms with Crippen molar-refractivity contribution in [2.45, 2.75) is 6.04 Å². The summed E-state index contributed by atoms with van der Waals surface area (Å²) in [5.74, 6) is -1.02. The van der Waals surface area contributed by atoms with Crippen molar-refractivity contribution in [3.05, 3.63) is 54.2 Å². The van der Waals surface area contributed by atoms with Crippen molar-refractivity contribution in [3.8, 4) is 0 Å². The second-order valence-corrected chi connectivity index (χ2v) is 6.88. The van der Waals surface area contributed by atoms with Crippen LogP contribution in [0.1, 0.15) is 11.8 Å². The number of nitrogens with zero attached hydrogens (tertiary/aromatic N) is 1. The van der Waals surface area contributed by atoms with Crippen LogP contribution in [0.3, 0.4) is 0 Å². The van der Waals surface area contributed by atoms with Crippen molar-refractivity contribution < 1.29 is 28.4 Å². The number of nitrogens with one attached hydrogen (secondary N) is 3. The molecule has 0 spiro atoms. The molecule has 2 amide bonds. The first kappa shape index (κ1) is 20.8. The first-order chi connectivity index (χ1) is 14.1. The van der Waals surface area contributed by atoms with Crippen molar-refractivity contribution in [2.24, 2.45) is 0 Å². The van der Waals surface area contributed by atoms with Gasteiger partial charge in [-0.05, 0) is 36.4 Å². The van der Waals surface area contributed by atoms with Crippen LogP contribution < -0.4 is 20.4 Å². The first-order valence-corrected chi connectivity index (χ1v) is 9.64. The standard InChI is InChI=1S/C20H25FN4O4/c21-15-3-5-16(6-4-15)24-8-10-25(11-9-24)17(18-2-1-13-29-18)14-23-20(28)19(27)22-7-12-26/h1-6,13,17,26H,7-12,14H2,(H,22,27)(H,23,28)/p+1/t17-/m1/s1. The van der Waals surface area contributed by atoms with Crippen molar-refractivity contribution in [2.75, 3.05) is 50.8 Å². The van der Waals surface area contributed by atoms with Gasteiger partial charge < -0.3 is 30.0 Å². The first-order valence-electron chi connectivity index (χ1n) is 9.64. The molecule has 156 valence electrons. The number of carbonyl (C=O) groups excluding carboxylic acids is 2. The highest BCUT2D eigenvalue weighted by Gasteiger charge is 2.31. The normalized spacial score (nSPS) is 15.7. The minimum atomic E-state index is -0.770. The molecule has 0 aliphatic carbocycles. The number of quaternary nitrogens is 1. The molecule has 1 aliphatic rings. The van der Waals surface area contributed by atoms with Gasteiger partial charge in [0.05, 0.1) is 45.6 Å². The van der Waals surface area contributed by atoms with Gasteiger partial charge in [0.15, 0.2) is 11.8 Å². The van der Waals surface area contributed by atoms with Gasteiger partial charge in [-0.3, -0.25) is 9.59 Å². The Labute approximate surface area is 168 Å². The number of aliphatic hydroxyl groups is 1. The molecule has 4 N–H and O–H groups in total. The number of furan rings is 1. The quantitative estimate of drug-likeness (QED) is 0.447. The molecular formula is C20H26FN4O4+. The Balaban J connectivity index is 1.59. The third kappa shape index (κ3) is 5.55. The van der Waals surface area contributed by atoms with E-state index in [0.717, 1.165) is 37.6 Å². The number of halogens is 1. The summed E-state index contributed by atoms with van der Waals surface area (Å²) in [7, 11) is 0. The van der Waals surface area contributed by atoms with Crippen molar-refractivity contribution in [3.63, 3.8) is 0 Å². The third-order valence-corrected chi connectivity index (χ3v) is 5.05. The molecule has 1 aromatic heterocycles. The zero-order valence-electron chi connectivity index (χ0n) is 16.1. The summed E-state index contributed by atoms with van der Waals surface area (Å²) in [4.78, 5) is 27.1. The molecule has 0 radical (unpaired) electrons. The van der Waals surface area contributed by atoms with E-state index in [-0.39, 0.29) is 31.6 Å². The zero-order valence-corrected chi connectivity index (χ0v) is 16.1. The lowest BCUT2D eigenvalue weighted by Crippen LogP contribution is -3.15. The molecule has 1 fully saturated rings. The highest BCUT2D eigenvalue weighted by molar-refractivity contribution is 6.35. The van der Waals surface area contributed by atoms with Gasteiger partial charge in [0.25, 0.3) is 0 Å². The van der Waals surface area contributed by atoms with Gasteiger partial charge in [-0.2, -0.15) is 0 Å². The van der Waals surface area contributed by atoms with E-state index < -0.39 is 11.8 Å². The van der Waals surface area contributed by atoms with E-state index in [9.17, 15) is 14.0 Å². The van der Waals surface area contributed by atoms with E-state index in [4.69, 9.17) is 9.52 Å². The maximum absolute atomic E-state index is 13.1. The molecule has 0 saturated carbocycles. The number of carbonyl (C=O) groups is 2. The van der Waals surface area contributed by atoms with Gasteiger partial charge in [0, 0.05) is 12.2 Å². The second-order valence-electron chi connectivity index (χ2n) is 6.88. The summed E-state index contributed by atoms with van der Waals surface area (Å²) >= 11 is 0. The highest BCUT2D eigenvalue weighted by Crippen LogP contribution is 2.16. The molecule has 1 aromatic carbocycles. The summed E-state index contributed by atoms with van der Waals surface area (Å²) in [5.41, 5.74) is 0.980. The van der Waals surface area contributed by atoms with E-state index in [0.29, 0.717) is 0 Å². The van der Waals surface area contributed by atoms with Gasteiger partial charge in [-0.15, -0.1) is 0 Å². The van der Waals surface area contributed by atoms with Crippen LogP contribution in [0, 0.1) is 5.82 Å². The Morgan fingerprint density at radius 3 is 2.45 bits per heavy atom. The molecule has 1 atom stereocenters. The van der Waals surface area contributed by atoms with Gasteiger partial charge in [-0.25, -0.2) is 4.39 Å². The van der Waals surface area contributed by atoms with Crippen LogP contribution in [-0.4, -0.2) is 62.8 Å².